The van der Waals surface area contributed by atoms with Gasteiger partial charge in [-0.15, -0.1) is 11.3 Å². The van der Waals surface area contributed by atoms with Gasteiger partial charge in [0.05, 0.1) is 12.1 Å². The van der Waals surface area contributed by atoms with Crippen LogP contribution in [0.25, 0.3) is 6.08 Å². The van der Waals surface area contributed by atoms with E-state index in [0.717, 1.165) is 37.0 Å². The monoisotopic (exact) mass is 279 g/mol. The number of aliphatic hydroxyl groups is 1. The standard InChI is InChI=1S/C15H21NO2S/c1-11-9-10-19-14(11)7-8-15(18)16-12-5-3-2-4-6-13(12)17/h7-10,12-13,17H,2-6H2,1H3,(H,16,18)/b8-7+. The lowest BCUT2D eigenvalue weighted by atomic mass is 10.1. The van der Waals surface area contributed by atoms with Gasteiger partial charge in [0.1, 0.15) is 0 Å². The predicted octanol–water partition coefficient (Wildman–Crippen LogP) is 2.88. The molecule has 2 atom stereocenters. The molecule has 1 aliphatic rings. The van der Waals surface area contributed by atoms with E-state index in [0.29, 0.717) is 0 Å². The normalized spacial score (nSPS) is 24.3. The molecule has 1 fully saturated rings. The molecule has 1 aliphatic carbocycles. The van der Waals surface area contributed by atoms with Gasteiger partial charge in [-0.3, -0.25) is 4.79 Å². The number of amides is 1. The van der Waals surface area contributed by atoms with Crippen LogP contribution < -0.4 is 5.32 Å². The molecule has 0 aromatic carbocycles. The van der Waals surface area contributed by atoms with Crippen LogP contribution in [0.15, 0.2) is 17.5 Å². The van der Waals surface area contributed by atoms with Crippen molar-refractivity contribution in [2.24, 2.45) is 0 Å². The van der Waals surface area contributed by atoms with E-state index in [1.54, 1.807) is 17.4 Å². The number of thiophene rings is 1. The number of carbonyl (C=O) groups excluding carboxylic acids is 1. The lowest BCUT2D eigenvalue weighted by Crippen LogP contribution is -2.41. The van der Waals surface area contributed by atoms with Crippen LogP contribution in [0.4, 0.5) is 0 Å². The molecule has 4 heteroatoms. The summed E-state index contributed by atoms with van der Waals surface area (Å²) >= 11 is 1.63. The second-order valence-electron chi connectivity index (χ2n) is 5.12. The van der Waals surface area contributed by atoms with E-state index in [9.17, 15) is 9.90 Å². The number of aliphatic hydroxyl groups excluding tert-OH is 1. The van der Waals surface area contributed by atoms with Gasteiger partial charge in [-0.2, -0.15) is 0 Å². The highest BCUT2D eigenvalue weighted by Crippen LogP contribution is 2.19. The Hall–Kier alpha value is -1.13. The van der Waals surface area contributed by atoms with Crippen LogP contribution in [0, 0.1) is 6.92 Å². The fraction of sp³-hybridized carbons (Fsp3) is 0.533. The maximum absolute atomic E-state index is 11.9. The Morgan fingerprint density at radius 2 is 2.21 bits per heavy atom. The Labute approximate surface area is 118 Å². The van der Waals surface area contributed by atoms with Crippen molar-refractivity contribution >= 4 is 23.3 Å². The minimum Gasteiger partial charge on any atom is -0.391 e. The van der Waals surface area contributed by atoms with Crippen LogP contribution >= 0.6 is 11.3 Å². The van der Waals surface area contributed by atoms with E-state index in [-0.39, 0.29) is 11.9 Å². The van der Waals surface area contributed by atoms with Gasteiger partial charge in [-0.1, -0.05) is 19.3 Å². The second kappa shape index (κ2) is 6.87. The summed E-state index contributed by atoms with van der Waals surface area (Å²) in [4.78, 5) is 13.0. The minimum atomic E-state index is -0.400. The first-order valence-electron chi connectivity index (χ1n) is 6.87. The number of hydrogen-bond donors (Lipinski definition) is 2. The summed E-state index contributed by atoms with van der Waals surface area (Å²) in [6.45, 7) is 2.03. The summed E-state index contributed by atoms with van der Waals surface area (Å²) in [5.41, 5.74) is 1.18. The Morgan fingerprint density at radius 3 is 2.95 bits per heavy atom. The third kappa shape index (κ3) is 4.18. The zero-order chi connectivity index (χ0) is 13.7. The summed E-state index contributed by atoms with van der Waals surface area (Å²) in [5, 5.41) is 14.9. The van der Waals surface area contributed by atoms with Crippen molar-refractivity contribution in [3.8, 4) is 0 Å². The van der Waals surface area contributed by atoms with Crippen molar-refractivity contribution in [1.82, 2.24) is 5.32 Å². The topological polar surface area (TPSA) is 49.3 Å². The summed E-state index contributed by atoms with van der Waals surface area (Å²) in [6.07, 6.45) is 7.95. The number of aryl methyl sites for hydroxylation is 1. The van der Waals surface area contributed by atoms with E-state index < -0.39 is 6.10 Å². The van der Waals surface area contributed by atoms with Gasteiger partial charge in [0.15, 0.2) is 0 Å². The van der Waals surface area contributed by atoms with E-state index in [1.165, 1.54) is 5.56 Å². The highest BCUT2D eigenvalue weighted by molar-refractivity contribution is 7.11. The Bertz CT molecular complexity index is 453. The molecule has 0 spiro atoms. The third-order valence-electron chi connectivity index (χ3n) is 3.59. The van der Waals surface area contributed by atoms with Gasteiger partial charge in [-0.05, 0) is 42.9 Å². The molecule has 2 rings (SSSR count). The van der Waals surface area contributed by atoms with Crippen molar-refractivity contribution in [2.75, 3.05) is 0 Å². The molecule has 1 aromatic rings. The quantitative estimate of drug-likeness (QED) is 0.660. The first-order valence-corrected chi connectivity index (χ1v) is 7.75. The molecule has 3 nitrogen and oxygen atoms in total. The van der Waals surface area contributed by atoms with Gasteiger partial charge in [0.2, 0.25) is 5.91 Å². The van der Waals surface area contributed by atoms with Crippen molar-refractivity contribution in [3.63, 3.8) is 0 Å². The average molecular weight is 279 g/mol. The van der Waals surface area contributed by atoms with E-state index in [2.05, 4.69) is 5.32 Å². The molecule has 2 unspecified atom stereocenters. The zero-order valence-electron chi connectivity index (χ0n) is 11.3. The van der Waals surface area contributed by atoms with Crippen molar-refractivity contribution in [3.05, 3.63) is 28.0 Å². The third-order valence-corrected chi connectivity index (χ3v) is 4.58. The molecular formula is C15H21NO2S. The van der Waals surface area contributed by atoms with E-state index in [1.807, 2.05) is 24.4 Å². The van der Waals surface area contributed by atoms with Gasteiger partial charge in [0, 0.05) is 11.0 Å². The predicted molar refractivity (Wildman–Crippen MR) is 79.1 cm³/mol. The van der Waals surface area contributed by atoms with Crippen LogP contribution in [0.2, 0.25) is 0 Å². The van der Waals surface area contributed by atoms with Crippen LogP contribution in [0.1, 0.15) is 42.5 Å². The SMILES string of the molecule is Cc1ccsc1/C=C/C(=O)NC1CCCCCC1O. The van der Waals surface area contributed by atoms with Crippen molar-refractivity contribution in [2.45, 2.75) is 51.2 Å². The molecule has 1 amide bonds. The highest BCUT2D eigenvalue weighted by atomic mass is 32.1. The van der Waals surface area contributed by atoms with Crippen LogP contribution in [-0.2, 0) is 4.79 Å². The van der Waals surface area contributed by atoms with Crippen LogP contribution in [0.3, 0.4) is 0 Å². The first kappa shape index (κ1) is 14.3. The largest absolute Gasteiger partial charge is 0.391 e. The molecule has 104 valence electrons. The van der Waals surface area contributed by atoms with Crippen LogP contribution in [-0.4, -0.2) is 23.2 Å². The van der Waals surface area contributed by atoms with Crippen LogP contribution in [0.5, 0.6) is 0 Å². The molecule has 1 heterocycles. The average Bonchev–Trinajstić information content (AvgIpc) is 2.69. The highest BCUT2D eigenvalue weighted by Gasteiger charge is 2.22. The van der Waals surface area contributed by atoms with E-state index >= 15 is 0 Å². The van der Waals surface area contributed by atoms with Gasteiger partial charge in [0.25, 0.3) is 0 Å². The maximum atomic E-state index is 11.9. The van der Waals surface area contributed by atoms with Crippen molar-refractivity contribution in [1.29, 1.82) is 0 Å². The minimum absolute atomic E-state index is 0.0934. The maximum Gasteiger partial charge on any atom is 0.244 e. The molecule has 0 aliphatic heterocycles. The number of carbonyl (C=O) groups is 1. The Kier molecular flexibility index (Phi) is 5.16. The van der Waals surface area contributed by atoms with Gasteiger partial charge < -0.3 is 10.4 Å². The lowest BCUT2D eigenvalue weighted by Gasteiger charge is -2.20. The van der Waals surface area contributed by atoms with Gasteiger partial charge in [-0.25, -0.2) is 0 Å². The lowest BCUT2D eigenvalue weighted by molar-refractivity contribution is -0.118. The summed E-state index contributed by atoms with van der Waals surface area (Å²) in [5.74, 6) is -0.112. The number of hydrogen-bond acceptors (Lipinski definition) is 3. The zero-order valence-corrected chi connectivity index (χ0v) is 12.1. The molecule has 0 saturated heterocycles. The Balaban J connectivity index is 1.90. The molecule has 0 radical (unpaired) electrons. The second-order valence-corrected chi connectivity index (χ2v) is 6.07. The summed E-state index contributed by atoms with van der Waals surface area (Å²) in [7, 11) is 0. The van der Waals surface area contributed by atoms with Crippen molar-refractivity contribution < 1.29 is 9.90 Å². The van der Waals surface area contributed by atoms with E-state index in [4.69, 9.17) is 0 Å². The number of rotatable bonds is 3. The number of nitrogens with one attached hydrogen (secondary N) is 1. The molecule has 0 bridgehead atoms. The molecular weight excluding hydrogens is 258 g/mol. The molecule has 19 heavy (non-hydrogen) atoms. The smallest absolute Gasteiger partial charge is 0.244 e. The summed E-state index contributed by atoms with van der Waals surface area (Å²) in [6, 6.07) is 1.95. The molecule has 2 N–H and O–H groups in total. The fourth-order valence-corrected chi connectivity index (χ4v) is 3.21. The Morgan fingerprint density at radius 1 is 1.42 bits per heavy atom. The van der Waals surface area contributed by atoms with Gasteiger partial charge >= 0.3 is 0 Å². The summed E-state index contributed by atoms with van der Waals surface area (Å²) < 4.78 is 0. The molecule has 1 saturated carbocycles. The first-order chi connectivity index (χ1) is 9.16. The fourth-order valence-electron chi connectivity index (χ4n) is 2.39. The molecule has 1 aromatic heterocycles.